The molecule has 2 fully saturated rings. The van der Waals surface area contributed by atoms with Crippen molar-refractivity contribution in [3.05, 3.63) is 0 Å². The van der Waals surface area contributed by atoms with E-state index in [0.717, 1.165) is 44.2 Å². The van der Waals surface area contributed by atoms with Gasteiger partial charge in [0.25, 0.3) is 0 Å². The van der Waals surface area contributed by atoms with E-state index in [0.29, 0.717) is 23.0 Å². The smallest absolute Gasteiger partial charge is 0.137 e. The van der Waals surface area contributed by atoms with Crippen molar-refractivity contribution < 1.29 is 4.79 Å². The molecule has 0 spiro atoms. The molecule has 4 unspecified atom stereocenters. The zero-order valence-corrected chi connectivity index (χ0v) is 13.7. The summed E-state index contributed by atoms with van der Waals surface area (Å²) in [5, 5.41) is 0.702. The Balaban J connectivity index is 1.94. The van der Waals surface area contributed by atoms with E-state index in [1.165, 1.54) is 5.75 Å². The van der Waals surface area contributed by atoms with Gasteiger partial charge in [0.15, 0.2) is 0 Å². The van der Waals surface area contributed by atoms with Gasteiger partial charge in [0.1, 0.15) is 5.78 Å². The first-order chi connectivity index (χ1) is 8.99. The lowest BCUT2D eigenvalue weighted by Gasteiger charge is -2.41. The Hall–Kier alpha value is -0.0200. The third-order valence-corrected chi connectivity index (χ3v) is 6.55. The second-order valence-corrected chi connectivity index (χ2v) is 8.24. The van der Waals surface area contributed by atoms with Crippen molar-refractivity contribution in [2.75, 3.05) is 18.8 Å². The topological polar surface area (TPSA) is 20.3 Å². The maximum atomic E-state index is 12.2. The molecule has 110 valence electrons. The molecule has 4 atom stereocenters. The van der Waals surface area contributed by atoms with E-state index in [1.54, 1.807) is 0 Å². The molecule has 1 saturated carbocycles. The number of thioether (sulfide) groups is 1. The van der Waals surface area contributed by atoms with E-state index in [9.17, 15) is 4.79 Å². The first-order valence-electron chi connectivity index (χ1n) is 7.87. The van der Waals surface area contributed by atoms with Crippen molar-refractivity contribution in [2.24, 2.45) is 17.8 Å². The minimum absolute atomic E-state index is 0.305. The minimum Gasteiger partial charge on any atom is -0.299 e. The lowest BCUT2D eigenvalue weighted by Crippen LogP contribution is -2.48. The van der Waals surface area contributed by atoms with Gasteiger partial charge in [-0.15, -0.1) is 0 Å². The summed E-state index contributed by atoms with van der Waals surface area (Å²) in [4.78, 5) is 14.8. The van der Waals surface area contributed by atoms with E-state index in [2.05, 4.69) is 44.4 Å². The lowest BCUT2D eigenvalue weighted by atomic mass is 9.75. The highest BCUT2D eigenvalue weighted by atomic mass is 32.2. The van der Waals surface area contributed by atoms with Crippen molar-refractivity contribution >= 4 is 17.5 Å². The molecule has 2 aliphatic rings. The maximum absolute atomic E-state index is 12.2. The highest BCUT2D eigenvalue weighted by Gasteiger charge is 2.34. The van der Waals surface area contributed by atoms with Gasteiger partial charge < -0.3 is 0 Å². The van der Waals surface area contributed by atoms with Crippen LogP contribution >= 0.6 is 11.8 Å². The molecule has 0 aromatic carbocycles. The van der Waals surface area contributed by atoms with Crippen molar-refractivity contribution in [3.63, 3.8) is 0 Å². The predicted octanol–water partition coefficient (Wildman–Crippen LogP) is 3.45. The summed E-state index contributed by atoms with van der Waals surface area (Å²) >= 11 is 2.07. The predicted molar refractivity (Wildman–Crippen MR) is 83.6 cm³/mol. The maximum Gasteiger partial charge on any atom is 0.137 e. The Labute approximate surface area is 122 Å². The fourth-order valence-electron chi connectivity index (χ4n) is 3.46. The Morgan fingerprint density at radius 2 is 2.11 bits per heavy atom. The van der Waals surface area contributed by atoms with Crippen LogP contribution in [-0.4, -0.2) is 40.8 Å². The van der Waals surface area contributed by atoms with Crippen LogP contribution in [0.25, 0.3) is 0 Å². The molecule has 0 aromatic heterocycles. The summed E-state index contributed by atoms with van der Waals surface area (Å²) in [6, 6.07) is 0.617. The van der Waals surface area contributed by atoms with Crippen molar-refractivity contribution in [2.45, 2.75) is 58.2 Å². The van der Waals surface area contributed by atoms with Crippen LogP contribution in [0.15, 0.2) is 0 Å². The molecule has 2 rings (SSSR count). The molecule has 19 heavy (non-hydrogen) atoms. The molecule has 0 radical (unpaired) electrons. The molecule has 1 heterocycles. The molecule has 2 nitrogen and oxygen atoms in total. The zero-order chi connectivity index (χ0) is 14.0. The molecule has 3 heteroatoms. The normalized spacial score (nSPS) is 37.8. The van der Waals surface area contributed by atoms with Crippen LogP contribution in [0.2, 0.25) is 0 Å². The zero-order valence-electron chi connectivity index (χ0n) is 12.9. The summed E-state index contributed by atoms with van der Waals surface area (Å²) in [5.41, 5.74) is 0. The van der Waals surface area contributed by atoms with Gasteiger partial charge in [0.05, 0.1) is 0 Å². The van der Waals surface area contributed by atoms with Crippen LogP contribution in [0, 0.1) is 17.8 Å². The molecule has 1 saturated heterocycles. The van der Waals surface area contributed by atoms with Gasteiger partial charge in [0.2, 0.25) is 0 Å². The highest BCUT2D eigenvalue weighted by Crippen LogP contribution is 2.33. The molecule has 0 N–H and O–H groups in total. The van der Waals surface area contributed by atoms with E-state index in [-0.39, 0.29) is 0 Å². The van der Waals surface area contributed by atoms with Gasteiger partial charge in [0, 0.05) is 42.5 Å². The fraction of sp³-hybridized carbons (Fsp3) is 0.938. The van der Waals surface area contributed by atoms with Crippen LogP contribution in [0.1, 0.15) is 47.0 Å². The molecule has 1 aliphatic heterocycles. The van der Waals surface area contributed by atoms with E-state index < -0.39 is 0 Å². The van der Waals surface area contributed by atoms with Crippen molar-refractivity contribution in [1.82, 2.24) is 4.90 Å². The lowest BCUT2D eigenvalue weighted by molar-refractivity contribution is -0.126. The average molecular weight is 283 g/mol. The Bertz CT molecular complexity index is 318. The first kappa shape index (κ1) is 15.4. The third-order valence-electron chi connectivity index (χ3n) is 5.22. The number of carbonyl (C=O) groups excluding carboxylic acids is 1. The second kappa shape index (κ2) is 6.62. The number of rotatable bonds is 3. The molecule has 0 amide bonds. The van der Waals surface area contributed by atoms with Gasteiger partial charge in [-0.2, -0.15) is 11.8 Å². The van der Waals surface area contributed by atoms with E-state index in [1.807, 2.05) is 0 Å². The molecule has 0 aromatic rings. The fourth-order valence-corrected chi connectivity index (χ4v) is 4.63. The minimum atomic E-state index is 0.305. The molecular weight excluding hydrogens is 254 g/mol. The summed E-state index contributed by atoms with van der Waals surface area (Å²) in [7, 11) is 0. The van der Waals surface area contributed by atoms with Crippen LogP contribution in [0.3, 0.4) is 0 Å². The van der Waals surface area contributed by atoms with Gasteiger partial charge in [-0.1, -0.05) is 20.8 Å². The Morgan fingerprint density at radius 1 is 1.37 bits per heavy atom. The van der Waals surface area contributed by atoms with Crippen molar-refractivity contribution in [1.29, 1.82) is 0 Å². The van der Waals surface area contributed by atoms with Crippen LogP contribution in [0.5, 0.6) is 0 Å². The van der Waals surface area contributed by atoms with Crippen LogP contribution in [-0.2, 0) is 4.79 Å². The van der Waals surface area contributed by atoms with E-state index >= 15 is 0 Å². The summed E-state index contributed by atoms with van der Waals surface area (Å²) < 4.78 is 0. The molecule has 1 aliphatic carbocycles. The Kier molecular flexibility index (Phi) is 5.36. The SMILES string of the molecule is CC(C)C1CCC(=O)C(CN2CCSC(C)C2C)C1. The number of hydrogen-bond acceptors (Lipinski definition) is 3. The first-order valence-corrected chi connectivity index (χ1v) is 8.92. The number of ketones is 1. The monoisotopic (exact) mass is 283 g/mol. The standard InChI is InChI=1S/C16H29NOS/c1-11(2)14-5-6-16(18)15(9-14)10-17-7-8-19-13(4)12(17)3/h11-15H,5-10H2,1-4H3. The Morgan fingerprint density at radius 3 is 2.79 bits per heavy atom. The molecule has 0 bridgehead atoms. The summed E-state index contributed by atoms with van der Waals surface area (Å²) in [6.07, 6.45) is 3.07. The van der Waals surface area contributed by atoms with Crippen molar-refractivity contribution in [3.8, 4) is 0 Å². The second-order valence-electron chi connectivity index (χ2n) is 6.75. The largest absolute Gasteiger partial charge is 0.299 e. The quantitative estimate of drug-likeness (QED) is 0.791. The van der Waals surface area contributed by atoms with Crippen LogP contribution in [0.4, 0.5) is 0 Å². The number of carbonyl (C=O) groups is 1. The van der Waals surface area contributed by atoms with E-state index in [4.69, 9.17) is 0 Å². The van der Waals surface area contributed by atoms with Gasteiger partial charge in [-0.3, -0.25) is 9.69 Å². The van der Waals surface area contributed by atoms with Gasteiger partial charge >= 0.3 is 0 Å². The number of Topliss-reactive ketones (excluding diaryl/α,β-unsaturated/α-hetero) is 1. The van der Waals surface area contributed by atoms with Gasteiger partial charge in [-0.25, -0.2) is 0 Å². The third kappa shape index (κ3) is 3.75. The highest BCUT2D eigenvalue weighted by molar-refractivity contribution is 8.00. The summed E-state index contributed by atoms with van der Waals surface area (Å²) in [6.45, 7) is 11.4. The van der Waals surface area contributed by atoms with Crippen LogP contribution < -0.4 is 0 Å². The average Bonchev–Trinajstić information content (AvgIpc) is 2.37. The number of hydrogen-bond donors (Lipinski definition) is 0. The summed E-state index contributed by atoms with van der Waals surface area (Å²) in [5.74, 6) is 3.53. The number of nitrogens with zero attached hydrogens (tertiary/aromatic N) is 1. The molecular formula is C16H29NOS. The van der Waals surface area contributed by atoms with Gasteiger partial charge in [-0.05, 0) is 31.6 Å².